The molecular formula is C19H22N6O2. The molecular weight excluding hydrogens is 344 g/mol. The molecule has 0 spiro atoms. The maximum atomic E-state index is 13.2. The first-order valence-corrected chi connectivity index (χ1v) is 9.54. The van der Waals surface area contributed by atoms with E-state index < -0.39 is 0 Å². The van der Waals surface area contributed by atoms with E-state index in [0.717, 1.165) is 29.7 Å². The van der Waals surface area contributed by atoms with Crippen LogP contribution in [0.15, 0.2) is 16.9 Å². The zero-order chi connectivity index (χ0) is 18.5. The van der Waals surface area contributed by atoms with Gasteiger partial charge in [0.2, 0.25) is 0 Å². The summed E-state index contributed by atoms with van der Waals surface area (Å²) in [6.45, 7) is 5.14. The van der Waals surface area contributed by atoms with E-state index in [2.05, 4.69) is 24.9 Å². The van der Waals surface area contributed by atoms with Gasteiger partial charge in [-0.2, -0.15) is 0 Å². The normalized spacial score (nSPS) is 18.4. The summed E-state index contributed by atoms with van der Waals surface area (Å²) in [7, 11) is 0. The quantitative estimate of drug-likeness (QED) is 0.708. The van der Waals surface area contributed by atoms with Crippen molar-refractivity contribution in [1.82, 2.24) is 29.8 Å². The molecule has 140 valence electrons. The molecule has 0 unspecified atom stereocenters. The van der Waals surface area contributed by atoms with Gasteiger partial charge in [0.05, 0.1) is 16.6 Å². The highest BCUT2D eigenvalue weighted by Gasteiger charge is 2.32. The minimum Gasteiger partial charge on any atom is -0.339 e. The Morgan fingerprint density at radius 3 is 2.70 bits per heavy atom. The van der Waals surface area contributed by atoms with E-state index >= 15 is 0 Å². The zero-order valence-corrected chi connectivity index (χ0v) is 15.6. The van der Waals surface area contributed by atoms with Gasteiger partial charge in [-0.25, -0.2) is 4.98 Å². The third kappa shape index (κ3) is 2.79. The van der Waals surface area contributed by atoms with E-state index in [0.29, 0.717) is 42.0 Å². The lowest BCUT2D eigenvalue weighted by Gasteiger charge is -2.32. The van der Waals surface area contributed by atoms with Crippen molar-refractivity contribution < 1.29 is 9.32 Å². The lowest BCUT2D eigenvalue weighted by atomic mass is 9.95. The van der Waals surface area contributed by atoms with Crippen LogP contribution in [0.25, 0.3) is 11.1 Å². The van der Waals surface area contributed by atoms with E-state index in [1.54, 1.807) is 0 Å². The summed E-state index contributed by atoms with van der Waals surface area (Å²) in [4.78, 5) is 19.5. The molecule has 4 heterocycles. The second-order valence-electron chi connectivity index (χ2n) is 7.65. The van der Waals surface area contributed by atoms with Crippen molar-refractivity contribution in [2.45, 2.75) is 51.5 Å². The third-order valence-corrected chi connectivity index (χ3v) is 5.66. The van der Waals surface area contributed by atoms with Gasteiger partial charge in [-0.3, -0.25) is 4.79 Å². The number of rotatable bonds is 3. The number of aryl methyl sites for hydroxylation is 2. The molecule has 0 N–H and O–H groups in total. The van der Waals surface area contributed by atoms with Gasteiger partial charge in [0.15, 0.2) is 0 Å². The van der Waals surface area contributed by atoms with Crippen molar-refractivity contribution >= 4 is 17.0 Å². The predicted molar refractivity (Wildman–Crippen MR) is 97.4 cm³/mol. The summed E-state index contributed by atoms with van der Waals surface area (Å²) in [6.07, 6.45) is 6.12. The van der Waals surface area contributed by atoms with Crippen LogP contribution in [0.5, 0.6) is 0 Å². The summed E-state index contributed by atoms with van der Waals surface area (Å²) in [5.41, 5.74) is 2.53. The molecule has 0 bridgehead atoms. The van der Waals surface area contributed by atoms with Crippen molar-refractivity contribution in [2.24, 2.45) is 0 Å². The maximum absolute atomic E-state index is 13.2. The van der Waals surface area contributed by atoms with Crippen LogP contribution >= 0.6 is 0 Å². The topological polar surface area (TPSA) is 89.9 Å². The van der Waals surface area contributed by atoms with Gasteiger partial charge in [0, 0.05) is 30.7 Å². The number of pyridine rings is 1. The number of carbonyl (C=O) groups excluding carboxylic acids is 1. The summed E-state index contributed by atoms with van der Waals surface area (Å²) >= 11 is 0. The molecule has 5 rings (SSSR count). The molecule has 0 aromatic carbocycles. The van der Waals surface area contributed by atoms with Crippen LogP contribution in [0.3, 0.4) is 0 Å². The number of carbonyl (C=O) groups is 1. The molecule has 1 aliphatic carbocycles. The lowest BCUT2D eigenvalue weighted by Crippen LogP contribution is -2.38. The summed E-state index contributed by atoms with van der Waals surface area (Å²) in [6, 6.07) is 2.42. The lowest BCUT2D eigenvalue weighted by molar-refractivity contribution is 0.0712. The molecule has 0 radical (unpaired) electrons. The number of fused-ring (bicyclic) bond motifs is 1. The van der Waals surface area contributed by atoms with Gasteiger partial charge in [-0.05, 0) is 45.6 Å². The van der Waals surface area contributed by atoms with Crippen LogP contribution in [0.2, 0.25) is 0 Å². The van der Waals surface area contributed by atoms with Gasteiger partial charge in [0.1, 0.15) is 12.2 Å². The van der Waals surface area contributed by atoms with Crippen LogP contribution in [0.4, 0.5) is 0 Å². The second kappa shape index (κ2) is 6.14. The fraction of sp³-hybridized carbons (Fsp3) is 0.526. The zero-order valence-electron chi connectivity index (χ0n) is 15.6. The fourth-order valence-electron chi connectivity index (χ4n) is 4.08. The number of aromatic nitrogens is 5. The molecule has 8 nitrogen and oxygen atoms in total. The number of likely N-dealkylation sites (tertiary alicyclic amines) is 1. The minimum atomic E-state index is 0.0268. The number of hydrogen-bond donors (Lipinski definition) is 0. The molecule has 2 fully saturated rings. The van der Waals surface area contributed by atoms with Gasteiger partial charge >= 0.3 is 0 Å². The van der Waals surface area contributed by atoms with Crippen LogP contribution in [-0.2, 0) is 0 Å². The third-order valence-electron chi connectivity index (χ3n) is 5.66. The molecule has 1 saturated carbocycles. The highest BCUT2D eigenvalue weighted by molar-refractivity contribution is 6.06. The van der Waals surface area contributed by atoms with Gasteiger partial charge in [-0.1, -0.05) is 5.16 Å². The monoisotopic (exact) mass is 366 g/mol. The Hall–Kier alpha value is -2.77. The average molecular weight is 366 g/mol. The number of hydrogen-bond acceptors (Lipinski definition) is 6. The highest BCUT2D eigenvalue weighted by atomic mass is 16.5. The van der Waals surface area contributed by atoms with Crippen LogP contribution in [0, 0.1) is 13.8 Å². The van der Waals surface area contributed by atoms with Crippen molar-refractivity contribution in [3.63, 3.8) is 0 Å². The van der Waals surface area contributed by atoms with E-state index in [9.17, 15) is 4.79 Å². The van der Waals surface area contributed by atoms with E-state index in [1.807, 2.05) is 31.1 Å². The second-order valence-corrected chi connectivity index (χ2v) is 7.65. The van der Waals surface area contributed by atoms with Crippen LogP contribution < -0.4 is 0 Å². The minimum absolute atomic E-state index is 0.0268. The molecule has 3 aromatic rings. The van der Waals surface area contributed by atoms with Crippen molar-refractivity contribution in [3.05, 3.63) is 35.2 Å². The fourth-order valence-corrected chi connectivity index (χ4v) is 4.08. The first kappa shape index (κ1) is 16.4. The molecule has 8 heteroatoms. The van der Waals surface area contributed by atoms with Crippen LogP contribution in [0.1, 0.15) is 65.2 Å². The summed E-state index contributed by atoms with van der Waals surface area (Å²) < 4.78 is 7.50. The Bertz CT molecular complexity index is 1010. The molecule has 3 aromatic heterocycles. The Morgan fingerprint density at radius 1 is 1.19 bits per heavy atom. The molecule has 1 saturated heterocycles. The molecule has 2 aliphatic rings. The first-order chi connectivity index (χ1) is 13.1. The SMILES string of the molecule is Cc1cc(C(=O)N2CCC(c3nncn3C3CC3)CC2)c2c(C)noc2n1. The Morgan fingerprint density at radius 2 is 1.96 bits per heavy atom. The molecule has 1 amide bonds. The van der Waals surface area contributed by atoms with Gasteiger partial charge in [0.25, 0.3) is 11.6 Å². The maximum Gasteiger partial charge on any atom is 0.258 e. The number of nitrogens with zero attached hydrogens (tertiary/aromatic N) is 6. The number of amides is 1. The van der Waals surface area contributed by atoms with Gasteiger partial charge in [-0.15, -0.1) is 10.2 Å². The highest BCUT2D eigenvalue weighted by Crippen LogP contribution is 2.38. The Balaban J connectivity index is 1.36. The standard InChI is InChI=1S/C19H22N6O2/c1-11-9-15(16-12(2)23-27-18(16)21-11)19(26)24-7-5-13(6-8-24)17-22-20-10-25(17)14-3-4-14/h9-10,13-14H,3-8H2,1-2H3. The summed E-state index contributed by atoms with van der Waals surface area (Å²) in [5.74, 6) is 1.48. The van der Waals surface area contributed by atoms with Crippen molar-refractivity contribution in [2.75, 3.05) is 13.1 Å². The van der Waals surface area contributed by atoms with Crippen molar-refractivity contribution in [3.8, 4) is 0 Å². The van der Waals surface area contributed by atoms with Crippen molar-refractivity contribution in [1.29, 1.82) is 0 Å². The summed E-state index contributed by atoms with van der Waals surface area (Å²) in [5, 5.41) is 13.2. The van der Waals surface area contributed by atoms with Gasteiger partial charge < -0.3 is 14.0 Å². The smallest absolute Gasteiger partial charge is 0.258 e. The molecule has 27 heavy (non-hydrogen) atoms. The molecule has 1 aliphatic heterocycles. The largest absolute Gasteiger partial charge is 0.339 e. The number of piperidine rings is 1. The molecule has 0 atom stereocenters. The van der Waals surface area contributed by atoms with E-state index in [1.165, 1.54) is 12.8 Å². The predicted octanol–water partition coefficient (Wildman–Crippen LogP) is 2.79. The van der Waals surface area contributed by atoms with Crippen LogP contribution in [-0.4, -0.2) is 48.8 Å². The first-order valence-electron chi connectivity index (χ1n) is 9.54. The average Bonchev–Trinajstić information content (AvgIpc) is 3.29. The van der Waals surface area contributed by atoms with E-state index in [-0.39, 0.29) is 5.91 Å². The Kier molecular flexibility index (Phi) is 3.73. The Labute approximate surface area is 156 Å². The van der Waals surface area contributed by atoms with E-state index in [4.69, 9.17) is 4.52 Å².